The molecular formula is C14H12N4O3. The molecule has 1 aliphatic rings. The zero-order chi connectivity index (χ0) is 14.8. The maximum absolute atomic E-state index is 10.8. The number of benzene rings is 1. The molecule has 0 bridgehead atoms. The SMILES string of the molecule is O=[N+]([O-])c1ccc(O)c(C2=NN[C@H](c3ccncc3)C2)c1. The van der Waals surface area contributed by atoms with Crippen molar-refractivity contribution in [1.82, 2.24) is 10.4 Å². The number of nitrogens with one attached hydrogen (secondary N) is 1. The van der Waals surface area contributed by atoms with E-state index < -0.39 is 4.92 Å². The summed E-state index contributed by atoms with van der Waals surface area (Å²) in [5.41, 5.74) is 4.91. The van der Waals surface area contributed by atoms with Gasteiger partial charge in [0.2, 0.25) is 0 Å². The number of hydrazone groups is 1. The van der Waals surface area contributed by atoms with Crippen molar-refractivity contribution < 1.29 is 10.0 Å². The molecule has 0 fully saturated rings. The van der Waals surface area contributed by atoms with Crippen LogP contribution < -0.4 is 5.43 Å². The number of nitro groups is 1. The van der Waals surface area contributed by atoms with Crippen LogP contribution in [0.25, 0.3) is 0 Å². The zero-order valence-corrected chi connectivity index (χ0v) is 10.9. The lowest BCUT2D eigenvalue weighted by molar-refractivity contribution is -0.384. The molecule has 2 aromatic rings. The van der Waals surface area contributed by atoms with Crippen molar-refractivity contribution in [2.24, 2.45) is 5.10 Å². The molecule has 7 heteroatoms. The van der Waals surface area contributed by atoms with E-state index in [4.69, 9.17) is 0 Å². The van der Waals surface area contributed by atoms with E-state index in [0.29, 0.717) is 17.7 Å². The lowest BCUT2D eigenvalue weighted by atomic mass is 9.99. The summed E-state index contributed by atoms with van der Waals surface area (Å²) in [4.78, 5) is 14.3. The molecule has 1 aromatic heterocycles. The third kappa shape index (κ3) is 2.53. The highest BCUT2D eigenvalue weighted by Gasteiger charge is 2.24. The Labute approximate surface area is 120 Å². The number of rotatable bonds is 3. The number of phenolic OH excluding ortho intramolecular Hbond substituents is 1. The number of pyridine rings is 1. The van der Waals surface area contributed by atoms with E-state index in [2.05, 4.69) is 15.5 Å². The summed E-state index contributed by atoms with van der Waals surface area (Å²) in [6.45, 7) is 0. The van der Waals surface area contributed by atoms with Crippen molar-refractivity contribution in [2.45, 2.75) is 12.5 Å². The molecule has 7 nitrogen and oxygen atoms in total. The Kier molecular flexibility index (Phi) is 3.23. The van der Waals surface area contributed by atoms with Crippen LogP contribution in [0.2, 0.25) is 0 Å². The van der Waals surface area contributed by atoms with Gasteiger partial charge < -0.3 is 10.5 Å². The van der Waals surface area contributed by atoms with Gasteiger partial charge in [-0.25, -0.2) is 0 Å². The largest absolute Gasteiger partial charge is 0.507 e. The third-order valence-electron chi connectivity index (χ3n) is 3.36. The van der Waals surface area contributed by atoms with Crippen LogP contribution in [0.15, 0.2) is 47.8 Å². The Morgan fingerprint density at radius 2 is 2.05 bits per heavy atom. The molecule has 1 aliphatic heterocycles. The van der Waals surface area contributed by atoms with E-state index in [1.807, 2.05) is 12.1 Å². The predicted molar refractivity (Wildman–Crippen MR) is 76.0 cm³/mol. The summed E-state index contributed by atoms with van der Waals surface area (Å²) in [5.74, 6) is -0.0171. The van der Waals surface area contributed by atoms with Crippen LogP contribution in [0.5, 0.6) is 5.75 Å². The van der Waals surface area contributed by atoms with Crippen LogP contribution in [0.1, 0.15) is 23.6 Å². The smallest absolute Gasteiger partial charge is 0.270 e. The molecule has 2 heterocycles. The molecule has 0 amide bonds. The van der Waals surface area contributed by atoms with Crippen molar-refractivity contribution in [3.05, 3.63) is 64.0 Å². The lowest BCUT2D eigenvalue weighted by Crippen LogP contribution is -2.09. The van der Waals surface area contributed by atoms with Gasteiger partial charge in [-0.15, -0.1) is 0 Å². The highest BCUT2D eigenvalue weighted by Crippen LogP contribution is 2.30. The fourth-order valence-electron chi connectivity index (χ4n) is 2.27. The second-order valence-corrected chi connectivity index (χ2v) is 4.68. The molecule has 0 spiro atoms. The summed E-state index contributed by atoms with van der Waals surface area (Å²) in [6, 6.07) is 7.65. The van der Waals surface area contributed by atoms with E-state index in [9.17, 15) is 15.2 Å². The fourth-order valence-corrected chi connectivity index (χ4v) is 2.27. The van der Waals surface area contributed by atoms with Crippen LogP contribution in [0.3, 0.4) is 0 Å². The van der Waals surface area contributed by atoms with Gasteiger partial charge in [0.15, 0.2) is 0 Å². The minimum atomic E-state index is -0.494. The van der Waals surface area contributed by atoms with Crippen molar-refractivity contribution >= 4 is 11.4 Å². The fraction of sp³-hybridized carbons (Fsp3) is 0.143. The van der Waals surface area contributed by atoms with Gasteiger partial charge >= 0.3 is 0 Å². The quantitative estimate of drug-likeness (QED) is 0.664. The van der Waals surface area contributed by atoms with Crippen LogP contribution in [-0.2, 0) is 0 Å². The first kappa shape index (κ1) is 13.0. The number of nitro benzene ring substituents is 1. The molecule has 1 aromatic carbocycles. The number of non-ortho nitro benzene ring substituents is 1. The molecular weight excluding hydrogens is 272 g/mol. The molecule has 0 aliphatic carbocycles. The average Bonchev–Trinajstić information content (AvgIpc) is 2.98. The van der Waals surface area contributed by atoms with E-state index >= 15 is 0 Å². The molecule has 2 N–H and O–H groups in total. The zero-order valence-electron chi connectivity index (χ0n) is 10.9. The second kappa shape index (κ2) is 5.20. The lowest BCUT2D eigenvalue weighted by Gasteiger charge is -2.09. The molecule has 106 valence electrons. The highest BCUT2D eigenvalue weighted by molar-refractivity contribution is 6.04. The number of aromatic nitrogens is 1. The summed E-state index contributed by atoms with van der Waals surface area (Å²) >= 11 is 0. The normalized spacial score (nSPS) is 17.1. The first-order valence-electron chi connectivity index (χ1n) is 6.35. The molecule has 3 rings (SSSR count). The van der Waals surface area contributed by atoms with Crippen LogP contribution in [0.4, 0.5) is 5.69 Å². The van der Waals surface area contributed by atoms with Gasteiger partial charge in [-0.2, -0.15) is 5.10 Å². The van der Waals surface area contributed by atoms with Gasteiger partial charge in [0.1, 0.15) is 5.75 Å². The maximum atomic E-state index is 10.8. The average molecular weight is 284 g/mol. The molecule has 21 heavy (non-hydrogen) atoms. The minimum absolute atomic E-state index is 0.0171. The third-order valence-corrected chi connectivity index (χ3v) is 3.36. The molecule has 0 radical (unpaired) electrons. The summed E-state index contributed by atoms with van der Waals surface area (Å²) in [7, 11) is 0. The maximum Gasteiger partial charge on any atom is 0.270 e. The van der Waals surface area contributed by atoms with Gasteiger partial charge in [-0.05, 0) is 23.8 Å². The van der Waals surface area contributed by atoms with Gasteiger partial charge in [0.25, 0.3) is 5.69 Å². The summed E-state index contributed by atoms with van der Waals surface area (Å²) < 4.78 is 0. The topological polar surface area (TPSA) is 101 Å². The van der Waals surface area contributed by atoms with Crippen molar-refractivity contribution in [2.75, 3.05) is 0 Å². The van der Waals surface area contributed by atoms with Crippen molar-refractivity contribution in [1.29, 1.82) is 0 Å². The van der Waals surface area contributed by atoms with Gasteiger partial charge in [0, 0.05) is 36.5 Å². The summed E-state index contributed by atoms with van der Waals surface area (Å²) in [6.07, 6.45) is 3.93. The Bertz CT molecular complexity index is 715. The summed E-state index contributed by atoms with van der Waals surface area (Å²) in [5, 5.41) is 24.9. The highest BCUT2D eigenvalue weighted by atomic mass is 16.6. The van der Waals surface area contributed by atoms with Crippen LogP contribution in [-0.4, -0.2) is 20.7 Å². The first-order chi connectivity index (χ1) is 10.1. The molecule has 0 saturated heterocycles. The van der Waals surface area contributed by atoms with Gasteiger partial charge in [-0.1, -0.05) is 0 Å². The van der Waals surface area contributed by atoms with Crippen molar-refractivity contribution in [3.63, 3.8) is 0 Å². The Morgan fingerprint density at radius 1 is 1.29 bits per heavy atom. The standard InChI is InChI=1S/C14H12N4O3/c19-14-2-1-10(18(20)21)7-11(14)13-8-12(16-17-13)9-3-5-15-6-4-9/h1-7,12,16,19H,8H2/t12-/m0/s1. The van der Waals surface area contributed by atoms with Gasteiger partial charge in [0.05, 0.1) is 16.7 Å². The van der Waals surface area contributed by atoms with E-state index in [0.717, 1.165) is 5.56 Å². The minimum Gasteiger partial charge on any atom is -0.507 e. The van der Waals surface area contributed by atoms with Crippen LogP contribution >= 0.6 is 0 Å². The van der Waals surface area contributed by atoms with Crippen molar-refractivity contribution in [3.8, 4) is 5.75 Å². The van der Waals surface area contributed by atoms with E-state index in [-0.39, 0.29) is 17.5 Å². The van der Waals surface area contributed by atoms with Crippen LogP contribution in [0, 0.1) is 10.1 Å². The Balaban J connectivity index is 1.86. The Morgan fingerprint density at radius 3 is 2.76 bits per heavy atom. The number of aromatic hydroxyl groups is 1. The molecule has 1 atom stereocenters. The monoisotopic (exact) mass is 284 g/mol. The number of hydrogen-bond donors (Lipinski definition) is 2. The Hall–Kier alpha value is -2.96. The number of nitrogens with zero attached hydrogens (tertiary/aromatic N) is 3. The number of phenols is 1. The predicted octanol–water partition coefficient (Wildman–Crippen LogP) is 2.13. The van der Waals surface area contributed by atoms with Gasteiger partial charge in [-0.3, -0.25) is 15.1 Å². The first-order valence-corrected chi connectivity index (χ1v) is 6.35. The molecule has 0 saturated carbocycles. The number of hydrogen-bond acceptors (Lipinski definition) is 6. The second-order valence-electron chi connectivity index (χ2n) is 4.68. The van der Waals surface area contributed by atoms with E-state index in [1.165, 1.54) is 18.2 Å². The van der Waals surface area contributed by atoms with E-state index in [1.54, 1.807) is 12.4 Å². The molecule has 0 unspecified atom stereocenters.